The molecule has 10 heteroatoms. The van der Waals surface area contributed by atoms with Crippen molar-refractivity contribution in [2.45, 2.75) is 31.3 Å². The second kappa shape index (κ2) is 7.20. The van der Waals surface area contributed by atoms with Gasteiger partial charge >= 0.3 is 0 Å². The molecule has 9 nitrogen and oxygen atoms in total. The number of ether oxygens (including phenoxy) is 1. The van der Waals surface area contributed by atoms with Crippen molar-refractivity contribution in [1.82, 2.24) is 9.21 Å². The first-order valence-electron chi connectivity index (χ1n) is 8.46. The van der Waals surface area contributed by atoms with Crippen molar-refractivity contribution in [1.29, 1.82) is 0 Å². The van der Waals surface area contributed by atoms with Crippen molar-refractivity contribution in [3.05, 3.63) is 39.9 Å². The van der Waals surface area contributed by atoms with E-state index in [4.69, 9.17) is 4.74 Å². The van der Waals surface area contributed by atoms with Gasteiger partial charge in [0.1, 0.15) is 5.10 Å². The number of nitrogens with zero attached hydrogens (tertiary/aromatic N) is 4. The van der Waals surface area contributed by atoms with Crippen LogP contribution >= 0.6 is 0 Å². The number of nitro groups is 1. The van der Waals surface area contributed by atoms with E-state index in [1.165, 1.54) is 12.1 Å². The average Bonchev–Trinajstić information content (AvgIpc) is 3.15. The van der Waals surface area contributed by atoms with E-state index in [1.807, 2.05) is 13.8 Å². The molecule has 0 amide bonds. The van der Waals surface area contributed by atoms with Crippen LogP contribution in [0.2, 0.25) is 0 Å². The summed E-state index contributed by atoms with van der Waals surface area (Å²) in [6.07, 6.45) is 0.985. The Hall–Kier alpha value is -2.20. The van der Waals surface area contributed by atoms with Crippen LogP contribution in [0.15, 0.2) is 34.3 Å². The summed E-state index contributed by atoms with van der Waals surface area (Å²) in [6, 6.07) is 6.40. The van der Waals surface area contributed by atoms with Gasteiger partial charge in [-0.15, -0.1) is 0 Å². The van der Waals surface area contributed by atoms with Crippen LogP contribution in [0.3, 0.4) is 0 Å². The molecular weight excluding hydrogens is 360 g/mol. The lowest BCUT2D eigenvalue weighted by Crippen LogP contribution is -2.40. The number of rotatable bonds is 5. The molecule has 2 unspecified atom stereocenters. The summed E-state index contributed by atoms with van der Waals surface area (Å²) in [6.45, 7) is 5.38. The molecular formula is C16H22N4O5S. The third-order valence-corrected chi connectivity index (χ3v) is 6.41. The minimum atomic E-state index is -3.90. The van der Waals surface area contributed by atoms with E-state index < -0.39 is 15.1 Å². The zero-order chi connectivity index (χ0) is 18.9. The molecule has 2 saturated heterocycles. The summed E-state index contributed by atoms with van der Waals surface area (Å²) in [5.41, 5.74) is 0.932. The lowest BCUT2D eigenvalue weighted by Gasteiger charge is -2.22. The van der Waals surface area contributed by atoms with Crippen molar-refractivity contribution in [3.8, 4) is 0 Å². The topological polar surface area (TPSA) is 105 Å². The molecule has 2 atom stereocenters. The van der Waals surface area contributed by atoms with Crippen LogP contribution in [0, 0.1) is 23.0 Å². The molecule has 26 heavy (non-hydrogen) atoms. The summed E-state index contributed by atoms with van der Waals surface area (Å²) < 4.78 is 32.4. The Balaban J connectivity index is 1.86. The highest BCUT2D eigenvalue weighted by atomic mass is 32.2. The lowest BCUT2D eigenvalue weighted by molar-refractivity contribution is -0.486. The number of hydrogen-bond acceptors (Lipinski definition) is 5. The zero-order valence-electron chi connectivity index (χ0n) is 14.7. The highest BCUT2D eigenvalue weighted by Gasteiger charge is 2.40. The first kappa shape index (κ1) is 18.6. The molecule has 0 saturated carbocycles. The van der Waals surface area contributed by atoms with Crippen LogP contribution in [-0.4, -0.2) is 61.0 Å². The fourth-order valence-electron chi connectivity index (χ4n) is 3.34. The second-order valence-corrected chi connectivity index (χ2v) is 8.58. The van der Waals surface area contributed by atoms with Gasteiger partial charge in [0.05, 0.1) is 24.2 Å². The van der Waals surface area contributed by atoms with Crippen LogP contribution in [0.1, 0.15) is 18.9 Å². The van der Waals surface area contributed by atoms with Crippen LogP contribution in [0.25, 0.3) is 0 Å². The number of sulfonamides is 1. The molecule has 0 radical (unpaired) electrons. The molecule has 2 fully saturated rings. The maximum atomic E-state index is 12.9. The largest absolute Gasteiger partial charge is 0.378 e. The Bertz CT molecular complexity index is 808. The van der Waals surface area contributed by atoms with Gasteiger partial charge < -0.3 is 9.64 Å². The first-order valence-corrected chi connectivity index (χ1v) is 9.90. The fraction of sp³-hybridized carbons (Fsp3) is 0.562. The Morgan fingerprint density at radius 3 is 2.58 bits per heavy atom. The van der Waals surface area contributed by atoms with Crippen molar-refractivity contribution in [2.75, 3.05) is 26.2 Å². The Kier molecular flexibility index (Phi) is 5.15. The van der Waals surface area contributed by atoms with Crippen molar-refractivity contribution < 1.29 is 18.2 Å². The van der Waals surface area contributed by atoms with Crippen LogP contribution in [0.4, 0.5) is 0 Å². The smallest absolute Gasteiger partial charge is 0.288 e. The molecule has 0 aliphatic carbocycles. The number of hydrazone groups is 1. The van der Waals surface area contributed by atoms with E-state index in [9.17, 15) is 18.5 Å². The number of aryl methyl sites for hydroxylation is 1. The minimum Gasteiger partial charge on any atom is -0.378 e. The molecule has 142 valence electrons. The van der Waals surface area contributed by atoms with Gasteiger partial charge in [0, 0.05) is 19.0 Å². The van der Waals surface area contributed by atoms with E-state index >= 15 is 0 Å². The van der Waals surface area contributed by atoms with Crippen LogP contribution < -0.4 is 0 Å². The van der Waals surface area contributed by atoms with Gasteiger partial charge in [0.15, 0.2) is 5.03 Å². The van der Waals surface area contributed by atoms with Gasteiger partial charge in [-0.2, -0.15) is 0 Å². The Morgan fingerprint density at radius 1 is 1.31 bits per heavy atom. The summed E-state index contributed by atoms with van der Waals surface area (Å²) in [5.74, 6) is 0.0686. The third-order valence-electron chi connectivity index (χ3n) is 4.62. The molecule has 0 aromatic heterocycles. The molecule has 0 N–H and O–H groups in total. The van der Waals surface area contributed by atoms with Gasteiger partial charge in [-0.25, -0.2) is 22.8 Å². The van der Waals surface area contributed by atoms with Gasteiger partial charge in [0.2, 0.25) is 0 Å². The van der Waals surface area contributed by atoms with E-state index in [0.29, 0.717) is 19.7 Å². The number of hydrogen-bond donors (Lipinski definition) is 0. The number of benzene rings is 1. The van der Waals surface area contributed by atoms with Crippen molar-refractivity contribution in [3.63, 3.8) is 0 Å². The fourth-order valence-corrected chi connectivity index (χ4v) is 4.76. The predicted octanol–water partition coefficient (Wildman–Crippen LogP) is 1.27. The first-order chi connectivity index (χ1) is 12.3. The second-order valence-electron chi connectivity index (χ2n) is 6.72. The third kappa shape index (κ3) is 3.80. The van der Waals surface area contributed by atoms with E-state index in [0.717, 1.165) is 16.3 Å². The summed E-state index contributed by atoms with van der Waals surface area (Å²) in [7, 11) is -3.90. The van der Waals surface area contributed by atoms with E-state index in [2.05, 4.69) is 5.10 Å². The SMILES string of the molecule is Cc1ccc(S(=O)(=O)N2CCN(CC3COC(C)C3)C2=N[N+](=O)[O-])cc1. The highest BCUT2D eigenvalue weighted by Crippen LogP contribution is 2.25. The molecule has 1 aromatic rings. The maximum absolute atomic E-state index is 12.9. The van der Waals surface area contributed by atoms with Gasteiger partial charge in [0.25, 0.3) is 16.0 Å². The van der Waals surface area contributed by atoms with Gasteiger partial charge in [-0.1, -0.05) is 17.7 Å². The monoisotopic (exact) mass is 382 g/mol. The maximum Gasteiger partial charge on any atom is 0.288 e. The number of guanidine groups is 1. The normalized spacial score (nSPS) is 25.2. The van der Waals surface area contributed by atoms with E-state index in [1.54, 1.807) is 17.0 Å². The molecule has 3 rings (SSSR count). The average molecular weight is 382 g/mol. The van der Waals surface area contributed by atoms with Crippen LogP contribution in [-0.2, 0) is 14.8 Å². The highest BCUT2D eigenvalue weighted by molar-refractivity contribution is 7.89. The molecule has 2 aliphatic rings. The standard InChI is InChI=1S/C16H22N4O5S/c1-12-3-5-15(6-4-12)26(23,24)19-8-7-18(16(19)17-20(21)22)10-14-9-13(2)25-11-14/h3-6,13-14H,7-11H2,1-2H3. The summed E-state index contributed by atoms with van der Waals surface area (Å²) >= 11 is 0. The van der Waals surface area contributed by atoms with E-state index in [-0.39, 0.29) is 29.4 Å². The lowest BCUT2D eigenvalue weighted by atomic mass is 10.1. The van der Waals surface area contributed by atoms with Gasteiger partial charge in [-0.05, 0) is 32.4 Å². The Labute approximate surface area is 152 Å². The molecule has 2 aliphatic heterocycles. The summed E-state index contributed by atoms with van der Waals surface area (Å²) in [4.78, 5) is 12.8. The molecule has 1 aromatic carbocycles. The predicted molar refractivity (Wildman–Crippen MR) is 94.6 cm³/mol. The van der Waals surface area contributed by atoms with Gasteiger partial charge in [-0.3, -0.25) is 0 Å². The molecule has 2 heterocycles. The molecule has 0 bridgehead atoms. The quantitative estimate of drug-likeness (QED) is 0.561. The Morgan fingerprint density at radius 2 is 2.00 bits per heavy atom. The van der Waals surface area contributed by atoms with Crippen molar-refractivity contribution in [2.24, 2.45) is 11.0 Å². The summed E-state index contributed by atoms with van der Waals surface area (Å²) in [5, 5.41) is 13.5. The van der Waals surface area contributed by atoms with Crippen molar-refractivity contribution >= 4 is 16.0 Å². The molecule has 0 spiro atoms. The zero-order valence-corrected chi connectivity index (χ0v) is 15.6. The minimum absolute atomic E-state index is 0.0961. The van der Waals surface area contributed by atoms with Crippen LogP contribution in [0.5, 0.6) is 0 Å².